The Hall–Kier alpha value is -0.860. The zero-order chi connectivity index (χ0) is 13.2. The lowest BCUT2D eigenvalue weighted by Gasteiger charge is -2.21. The molecule has 0 bridgehead atoms. The van der Waals surface area contributed by atoms with Gasteiger partial charge in [0, 0.05) is 31.7 Å². The zero-order valence-corrected chi connectivity index (χ0v) is 12.2. The van der Waals surface area contributed by atoms with Gasteiger partial charge in [-0.15, -0.1) is 0 Å². The van der Waals surface area contributed by atoms with Crippen molar-refractivity contribution in [1.82, 2.24) is 10.2 Å². The first-order valence-electron chi connectivity index (χ1n) is 7.76. The van der Waals surface area contributed by atoms with Crippen LogP contribution in [-0.2, 0) is 13.1 Å². The van der Waals surface area contributed by atoms with Crippen molar-refractivity contribution in [1.29, 1.82) is 0 Å². The molecule has 0 spiro atoms. The largest absolute Gasteiger partial charge is 0.310 e. The maximum Gasteiger partial charge on any atom is 0.0236 e. The molecule has 19 heavy (non-hydrogen) atoms. The Bertz CT molecular complexity index is 425. The number of hydrogen-bond acceptors (Lipinski definition) is 2. The molecule has 2 fully saturated rings. The predicted molar refractivity (Wildman–Crippen MR) is 80.0 cm³/mol. The topological polar surface area (TPSA) is 15.3 Å². The van der Waals surface area contributed by atoms with E-state index in [4.69, 9.17) is 0 Å². The van der Waals surface area contributed by atoms with Crippen molar-refractivity contribution in [3.8, 4) is 0 Å². The van der Waals surface area contributed by atoms with Crippen LogP contribution in [0.3, 0.4) is 0 Å². The summed E-state index contributed by atoms with van der Waals surface area (Å²) in [4.78, 5) is 2.62. The van der Waals surface area contributed by atoms with E-state index in [-0.39, 0.29) is 0 Å². The van der Waals surface area contributed by atoms with E-state index in [2.05, 4.69) is 48.3 Å². The Kier molecular flexibility index (Phi) is 3.90. The van der Waals surface area contributed by atoms with Crippen LogP contribution in [0.15, 0.2) is 24.3 Å². The highest BCUT2D eigenvalue weighted by molar-refractivity contribution is 5.23. The first-order valence-corrected chi connectivity index (χ1v) is 7.76. The van der Waals surface area contributed by atoms with E-state index < -0.39 is 0 Å². The second kappa shape index (κ2) is 5.64. The Labute approximate surface area is 117 Å². The average molecular weight is 258 g/mol. The predicted octanol–water partition coefficient (Wildman–Crippen LogP) is 3.17. The van der Waals surface area contributed by atoms with Crippen LogP contribution in [0.4, 0.5) is 0 Å². The van der Waals surface area contributed by atoms with Gasteiger partial charge in [0.15, 0.2) is 0 Å². The SMILES string of the molecule is CC1CC(C)N(Cc2cccc(CNC3CC3)c2)C1. The Morgan fingerprint density at radius 1 is 1.21 bits per heavy atom. The summed E-state index contributed by atoms with van der Waals surface area (Å²) in [6.45, 7) is 8.13. The van der Waals surface area contributed by atoms with E-state index in [0.717, 1.165) is 31.1 Å². The van der Waals surface area contributed by atoms with Gasteiger partial charge in [0.05, 0.1) is 0 Å². The van der Waals surface area contributed by atoms with Crippen LogP contribution in [-0.4, -0.2) is 23.5 Å². The van der Waals surface area contributed by atoms with Gasteiger partial charge in [-0.05, 0) is 43.2 Å². The van der Waals surface area contributed by atoms with Gasteiger partial charge in [-0.1, -0.05) is 31.2 Å². The van der Waals surface area contributed by atoms with Crippen molar-refractivity contribution in [3.05, 3.63) is 35.4 Å². The summed E-state index contributed by atoms with van der Waals surface area (Å²) in [7, 11) is 0. The van der Waals surface area contributed by atoms with Gasteiger partial charge in [0.1, 0.15) is 0 Å². The molecule has 1 aromatic carbocycles. The molecular formula is C17H26N2. The van der Waals surface area contributed by atoms with E-state index in [0.29, 0.717) is 0 Å². The minimum atomic E-state index is 0.739. The van der Waals surface area contributed by atoms with Crippen LogP contribution in [0.25, 0.3) is 0 Å². The fourth-order valence-corrected chi connectivity index (χ4v) is 3.23. The molecule has 2 heteroatoms. The average Bonchev–Trinajstić information content (AvgIpc) is 3.15. The van der Waals surface area contributed by atoms with Crippen LogP contribution < -0.4 is 5.32 Å². The third kappa shape index (κ3) is 3.58. The second-order valence-electron chi connectivity index (χ2n) is 6.59. The standard InChI is InChI=1S/C17H26N2/c1-13-8-14(2)19(11-13)12-16-5-3-4-15(9-16)10-18-17-6-7-17/h3-5,9,13-14,17-18H,6-8,10-12H2,1-2H3. The van der Waals surface area contributed by atoms with Crippen LogP contribution in [0.1, 0.15) is 44.2 Å². The molecule has 0 aromatic heterocycles. The maximum atomic E-state index is 3.60. The monoisotopic (exact) mass is 258 g/mol. The summed E-state index contributed by atoms with van der Waals surface area (Å²) in [6.07, 6.45) is 4.08. The van der Waals surface area contributed by atoms with Gasteiger partial charge >= 0.3 is 0 Å². The highest BCUT2D eigenvalue weighted by Crippen LogP contribution is 2.24. The van der Waals surface area contributed by atoms with Gasteiger partial charge in [0.25, 0.3) is 0 Å². The maximum absolute atomic E-state index is 3.60. The Morgan fingerprint density at radius 2 is 2.00 bits per heavy atom. The third-order valence-corrected chi connectivity index (χ3v) is 4.46. The molecule has 104 valence electrons. The number of nitrogens with zero attached hydrogens (tertiary/aromatic N) is 1. The van der Waals surface area contributed by atoms with Crippen LogP contribution in [0, 0.1) is 5.92 Å². The van der Waals surface area contributed by atoms with Crippen molar-refractivity contribution in [3.63, 3.8) is 0 Å². The Balaban J connectivity index is 1.58. The van der Waals surface area contributed by atoms with Gasteiger partial charge in [-0.3, -0.25) is 4.90 Å². The summed E-state index contributed by atoms with van der Waals surface area (Å²) in [6, 6.07) is 10.6. The molecule has 1 saturated heterocycles. The van der Waals surface area contributed by atoms with Crippen molar-refractivity contribution in [2.75, 3.05) is 6.54 Å². The number of nitrogens with one attached hydrogen (secondary N) is 1. The summed E-state index contributed by atoms with van der Waals surface area (Å²) < 4.78 is 0. The van der Waals surface area contributed by atoms with E-state index >= 15 is 0 Å². The molecule has 1 N–H and O–H groups in total. The van der Waals surface area contributed by atoms with Crippen LogP contribution >= 0.6 is 0 Å². The molecule has 0 amide bonds. The molecule has 1 heterocycles. The number of likely N-dealkylation sites (tertiary alicyclic amines) is 1. The third-order valence-electron chi connectivity index (χ3n) is 4.46. The van der Waals surface area contributed by atoms with E-state index in [9.17, 15) is 0 Å². The molecule has 2 nitrogen and oxygen atoms in total. The highest BCUT2D eigenvalue weighted by atomic mass is 15.2. The van der Waals surface area contributed by atoms with Gasteiger partial charge in [-0.2, -0.15) is 0 Å². The summed E-state index contributed by atoms with van der Waals surface area (Å²) in [5, 5.41) is 3.60. The quantitative estimate of drug-likeness (QED) is 0.872. The molecule has 0 radical (unpaired) electrons. The van der Waals surface area contributed by atoms with E-state index in [1.165, 1.54) is 36.9 Å². The minimum absolute atomic E-state index is 0.739. The second-order valence-corrected chi connectivity index (χ2v) is 6.59. The van der Waals surface area contributed by atoms with Gasteiger partial charge in [0.2, 0.25) is 0 Å². The summed E-state index contributed by atoms with van der Waals surface area (Å²) in [5.41, 5.74) is 2.90. The fraction of sp³-hybridized carbons (Fsp3) is 0.647. The lowest BCUT2D eigenvalue weighted by atomic mass is 10.1. The number of benzene rings is 1. The number of hydrogen-bond donors (Lipinski definition) is 1. The van der Waals surface area contributed by atoms with Crippen molar-refractivity contribution < 1.29 is 0 Å². The normalized spacial score (nSPS) is 27.9. The summed E-state index contributed by atoms with van der Waals surface area (Å²) in [5.74, 6) is 0.856. The molecule has 1 aliphatic heterocycles. The fourth-order valence-electron chi connectivity index (χ4n) is 3.23. The molecule has 2 aliphatic rings. The molecule has 1 aliphatic carbocycles. The minimum Gasteiger partial charge on any atom is -0.310 e. The molecule has 2 unspecified atom stereocenters. The van der Waals surface area contributed by atoms with Crippen molar-refractivity contribution in [2.24, 2.45) is 5.92 Å². The first-order chi connectivity index (χ1) is 9.20. The molecule has 3 rings (SSSR count). The van der Waals surface area contributed by atoms with Crippen LogP contribution in [0.2, 0.25) is 0 Å². The first kappa shape index (κ1) is 13.1. The van der Waals surface area contributed by atoms with Gasteiger partial charge < -0.3 is 5.32 Å². The Morgan fingerprint density at radius 3 is 2.68 bits per heavy atom. The smallest absolute Gasteiger partial charge is 0.0236 e. The van der Waals surface area contributed by atoms with Crippen molar-refractivity contribution in [2.45, 2.75) is 58.3 Å². The lowest BCUT2D eigenvalue weighted by Crippen LogP contribution is -2.26. The number of rotatable bonds is 5. The summed E-state index contributed by atoms with van der Waals surface area (Å²) >= 11 is 0. The lowest BCUT2D eigenvalue weighted by molar-refractivity contribution is 0.256. The van der Waals surface area contributed by atoms with Crippen molar-refractivity contribution >= 4 is 0 Å². The van der Waals surface area contributed by atoms with E-state index in [1.807, 2.05) is 0 Å². The zero-order valence-electron chi connectivity index (χ0n) is 12.2. The molecule has 1 saturated carbocycles. The van der Waals surface area contributed by atoms with Crippen LogP contribution in [0.5, 0.6) is 0 Å². The molecule has 1 aromatic rings. The molecule has 2 atom stereocenters. The van der Waals surface area contributed by atoms with Gasteiger partial charge in [-0.25, -0.2) is 0 Å². The van der Waals surface area contributed by atoms with E-state index in [1.54, 1.807) is 0 Å². The highest BCUT2D eigenvalue weighted by Gasteiger charge is 2.25. The molecular weight excluding hydrogens is 232 g/mol.